The van der Waals surface area contributed by atoms with Crippen LogP contribution in [0.2, 0.25) is 0 Å². The second-order valence-electron chi connectivity index (χ2n) is 20.6. The molecular formula is C50H100I2O3. The highest BCUT2D eigenvalue weighted by atomic mass is 127. The summed E-state index contributed by atoms with van der Waals surface area (Å²) in [6.45, 7) is 29.8. The number of hydrogen-bond acceptors (Lipinski definition) is 3. The summed E-state index contributed by atoms with van der Waals surface area (Å²) >= 11 is 5.04. The quantitative estimate of drug-likeness (QED) is 0.0350. The molecule has 0 saturated carbocycles. The monoisotopic (exact) mass is 1000 g/mol. The van der Waals surface area contributed by atoms with Gasteiger partial charge in [-0.2, -0.15) is 0 Å². The standard InChI is InChI=1S/C50H100I2O3/c1-37(27-41(5)31-45(9)35-47(11)33-43(7)29-39(3)21-17-25-51)19-15-23-49(53-13)55-50(54-14)24-16-20-38(2)28-42(6)32-46(10)36-48(12)34-44(8)30-40(4)22-18-26-52/h37-50H,15-36H2,1-14H3. The van der Waals surface area contributed by atoms with Gasteiger partial charge in [-0.1, -0.05) is 141 Å². The molecule has 0 radical (unpaired) electrons. The van der Waals surface area contributed by atoms with Crippen molar-refractivity contribution in [3.63, 3.8) is 0 Å². The van der Waals surface area contributed by atoms with Gasteiger partial charge in [0.05, 0.1) is 0 Å². The van der Waals surface area contributed by atoms with Gasteiger partial charge in [-0.3, -0.25) is 0 Å². The molecule has 0 aromatic rings. The Labute approximate surface area is 374 Å². The Morgan fingerprint density at radius 2 is 0.491 bits per heavy atom. The lowest BCUT2D eigenvalue weighted by atomic mass is 9.81. The summed E-state index contributed by atoms with van der Waals surface area (Å²) in [6, 6.07) is 0. The van der Waals surface area contributed by atoms with E-state index >= 15 is 0 Å². The van der Waals surface area contributed by atoms with Crippen LogP contribution >= 0.6 is 45.2 Å². The first-order valence-electron chi connectivity index (χ1n) is 23.8. The van der Waals surface area contributed by atoms with E-state index in [1.54, 1.807) is 14.2 Å². The van der Waals surface area contributed by atoms with Crippen LogP contribution in [0.5, 0.6) is 0 Å². The highest BCUT2D eigenvalue weighted by molar-refractivity contribution is 14.1. The summed E-state index contributed by atoms with van der Waals surface area (Å²) in [6.07, 6.45) is 25.6. The summed E-state index contributed by atoms with van der Waals surface area (Å²) in [4.78, 5) is 0. The molecule has 0 aliphatic rings. The molecule has 0 aromatic carbocycles. The first kappa shape index (κ1) is 56.3. The van der Waals surface area contributed by atoms with Crippen LogP contribution < -0.4 is 0 Å². The lowest BCUT2D eigenvalue weighted by Crippen LogP contribution is -2.25. The van der Waals surface area contributed by atoms with Crippen LogP contribution in [0.4, 0.5) is 0 Å². The maximum atomic E-state index is 6.34. The van der Waals surface area contributed by atoms with Gasteiger partial charge < -0.3 is 14.2 Å². The first-order valence-corrected chi connectivity index (χ1v) is 26.9. The van der Waals surface area contributed by atoms with Gasteiger partial charge in [0.15, 0.2) is 12.6 Å². The number of methoxy groups -OCH3 is 2. The van der Waals surface area contributed by atoms with Gasteiger partial charge in [0.2, 0.25) is 0 Å². The van der Waals surface area contributed by atoms with Crippen molar-refractivity contribution >= 4 is 45.2 Å². The first-order chi connectivity index (χ1) is 26.0. The molecule has 0 spiro atoms. The molecule has 5 heteroatoms. The molecular weight excluding hydrogens is 902 g/mol. The number of ether oxygens (including phenoxy) is 3. The zero-order chi connectivity index (χ0) is 41.8. The molecule has 0 bridgehead atoms. The molecule has 3 nitrogen and oxygen atoms in total. The van der Waals surface area contributed by atoms with Crippen LogP contribution in [-0.2, 0) is 14.2 Å². The van der Waals surface area contributed by atoms with E-state index in [9.17, 15) is 0 Å². The highest BCUT2D eigenvalue weighted by Crippen LogP contribution is 2.32. The minimum atomic E-state index is -0.179. The van der Waals surface area contributed by atoms with Crippen LogP contribution in [-0.4, -0.2) is 35.7 Å². The van der Waals surface area contributed by atoms with Crippen molar-refractivity contribution in [1.82, 2.24) is 0 Å². The van der Waals surface area contributed by atoms with Crippen molar-refractivity contribution in [3.8, 4) is 0 Å². The maximum absolute atomic E-state index is 6.34. The second kappa shape index (κ2) is 35.0. The second-order valence-corrected chi connectivity index (χ2v) is 22.8. The predicted molar refractivity (Wildman–Crippen MR) is 263 cm³/mol. The van der Waals surface area contributed by atoms with Crippen molar-refractivity contribution in [2.45, 2.75) is 224 Å². The van der Waals surface area contributed by atoms with Crippen LogP contribution in [0.25, 0.3) is 0 Å². The predicted octanol–water partition coefficient (Wildman–Crippen LogP) is 17.3. The lowest BCUT2D eigenvalue weighted by molar-refractivity contribution is -0.233. The molecule has 0 saturated heterocycles. The third-order valence-corrected chi connectivity index (χ3v) is 14.3. The van der Waals surface area contributed by atoms with E-state index in [4.69, 9.17) is 14.2 Å². The number of rotatable bonds is 38. The van der Waals surface area contributed by atoms with Crippen LogP contribution in [0.15, 0.2) is 0 Å². The molecule has 0 aliphatic carbocycles. The van der Waals surface area contributed by atoms with Crippen molar-refractivity contribution < 1.29 is 14.2 Å². The molecule has 0 heterocycles. The van der Waals surface area contributed by atoms with Crippen molar-refractivity contribution in [1.29, 1.82) is 0 Å². The van der Waals surface area contributed by atoms with Gasteiger partial charge in [-0.25, -0.2) is 0 Å². The Morgan fingerprint density at radius 1 is 0.291 bits per heavy atom. The largest absolute Gasteiger partial charge is 0.356 e. The van der Waals surface area contributed by atoms with Crippen LogP contribution in [0, 0.1) is 71.0 Å². The molecule has 0 rings (SSSR count). The average molecular weight is 1000 g/mol. The SMILES string of the molecule is COC(CCCC(C)CC(C)CC(C)CC(C)CC(C)CC(C)CCCI)OC(CCCC(C)CC(C)CC(C)CC(C)CC(C)CC(C)CCCI)OC. The van der Waals surface area contributed by atoms with E-state index < -0.39 is 0 Å². The van der Waals surface area contributed by atoms with E-state index in [0.29, 0.717) is 0 Å². The fourth-order valence-corrected chi connectivity index (χ4v) is 11.8. The van der Waals surface area contributed by atoms with Gasteiger partial charge >= 0.3 is 0 Å². The van der Waals surface area contributed by atoms with Gasteiger partial charge in [0, 0.05) is 14.2 Å². The van der Waals surface area contributed by atoms with E-state index in [0.717, 1.165) is 96.7 Å². The van der Waals surface area contributed by atoms with Crippen LogP contribution in [0.3, 0.4) is 0 Å². The van der Waals surface area contributed by atoms with E-state index in [-0.39, 0.29) is 12.6 Å². The highest BCUT2D eigenvalue weighted by Gasteiger charge is 2.21. The topological polar surface area (TPSA) is 27.7 Å². The number of halogens is 2. The zero-order valence-electron chi connectivity index (χ0n) is 39.6. The zero-order valence-corrected chi connectivity index (χ0v) is 43.9. The molecule has 55 heavy (non-hydrogen) atoms. The molecule has 332 valence electrons. The fraction of sp³-hybridized carbons (Fsp3) is 1.00. The molecule has 14 unspecified atom stereocenters. The summed E-state index contributed by atoms with van der Waals surface area (Å²) in [5.74, 6) is 9.86. The molecule has 0 aromatic heterocycles. The molecule has 0 amide bonds. The Bertz CT molecular complexity index is 776. The van der Waals surface area contributed by atoms with E-state index in [2.05, 4.69) is 128 Å². The molecule has 14 atom stereocenters. The van der Waals surface area contributed by atoms with Crippen molar-refractivity contribution in [3.05, 3.63) is 0 Å². The van der Waals surface area contributed by atoms with E-state index in [1.807, 2.05) is 0 Å². The summed E-state index contributed by atoms with van der Waals surface area (Å²) in [5.41, 5.74) is 0. The third-order valence-electron chi connectivity index (χ3n) is 12.8. The summed E-state index contributed by atoms with van der Waals surface area (Å²) in [5, 5.41) is 0. The van der Waals surface area contributed by atoms with Crippen molar-refractivity contribution in [2.24, 2.45) is 71.0 Å². The Balaban J connectivity index is 4.35. The Hall–Kier alpha value is 1.34. The summed E-state index contributed by atoms with van der Waals surface area (Å²) < 4.78 is 20.5. The minimum absolute atomic E-state index is 0.179. The van der Waals surface area contributed by atoms with Gasteiger partial charge in [0.1, 0.15) is 0 Å². The molecule has 0 fully saturated rings. The number of hydrogen-bond donors (Lipinski definition) is 0. The number of alkyl halides is 2. The lowest BCUT2D eigenvalue weighted by Gasteiger charge is -2.26. The van der Waals surface area contributed by atoms with Gasteiger partial charge in [-0.05, 0) is 195 Å². The van der Waals surface area contributed by atoms with Gasteiger partial charge in [0.25, 0.3) is 0 Å². The van der Waals surface area contributed by atoms with Crippen molar-refractivity contribution in [2.75, 3.05) is 23.1 Å². The smallest absolute Gasteiger partial charge is 0.160 e. The normalized spacial score (nSPS) is 20.1. The molecule has 0 aliphatic heterocycles. The Morgan fingerprint density at radius 3 is 0.691 bits per heavy atom. The Kier molecular flexibility index (Phi) is 35.8. The van der Waals surface area contributed by atoms with Crippen LogP contribution in [0.1, 0.15) is 212 Å². The van der Waals surface area contributed by atoms with Gasteiger partial charge in [-0.15, -0.1) is 0 Å². The maximum Gasteiger partial charge on any atom is 0.160 e. The minimum Gasteiger partial charge on any atom is -0.356 e. The molecule has 0 N–H and O–H groups in total. The summed E-state index contributed by atoms with van der Waals surface area (Å²) in [7, 11) is 3.58. The van der Waals surface area contributed by atoms with E-state index in [1.165, 1.54) is 112 Å². The average Bonchev–Trinajstić information content (AvgIpc) is 3.07. The third kappa shape index (κ3) is 32.7. The fourth-order valence-electron chi connectivity index (χ4n) is 10.9.